The minimum absolute atomic E-state index is 0. The van der Waals surface area contributed by atoms with Crippen LogP contribution in [-0.4, -0.2) is 47.3 Å². The maximum atomic E-state index is 12.4. The van der Waals surface area contributed by atoms with E-state index in [1.54, 1.807) is 6.20 Å². The summed E-state index contributed by atoms with van der Waals surface area (Å²) in [6.45, 7) is 8.30. The van der Waals surface area contributed by atoms with Gasteiger partial charge in [0.15, 0.2) is 5.17 Å². The molecular formula is C29H31BClN4NaO7S. The molecule has 226 valence electrons. The van der Waals surface area contributed by atoms with Crippen molar-refractivity contribution in [2.24, 2.45) is 4.99 Å². The Morgan fingerprint density at radius 1 is 1.00 bits per heavy atom. The Morgan fingerprint density at radius 2 is 1.66 bits per heavy atom. The molecule has 2 N–H and O–H groups in total. The Morgan fingerprint density at radius 3 is 2.27 bits per heavy atom. The molecule has 0 radical (unpaired) electrons. The fourth-order valence-corrected chi connectivity index (χ4v) is 4.59. The molecule has 0 atom stereocenters. The predicted octanol–water partition coefficient (Wildman–Crippen LogP) is 1.87. The number of nitrogens with zero attached hydrogens (tertiary/aromatic N) is 2. The Hall–Kier alpha value is -3.20. The predicted molar refractivity (Wildman–Crippen MR) is 169 cm³/mol. The van der Waals surface area contributed by atoms with Gasteiger partial charge in [-0.2, -0.15) is 4.99 Å². The summed E-state index contributed by atoms with van der Waals surface area (Å²) in [4.78, 5) is 52.7. The van der Waals surface area contributed by atoms with Crippen molar-refractivity contribution < 1.29 is 62.7 Å². The number of carbonyl (C=O) groups is 4. The summed E-state index contributed by atoms with van der Waals surface area (Å²) < 4.78 is 13.3. The number of amidine groups is 1. The van der Waals surface area contributed by atoms with Crippen LogP contribution in [0.5, 0.6) is 0 Å². The number of fused-ring (bicyclic) bond motifs is 1. The third-order valence-corrected chi connectivity index (χ3v) is 6.72. The Labute approximate surface area is 287 Å². The molecule has 0 saturated heterocycles. The van der Waals surface area contributed by atoms with Gasteiger partial charge in [-0.3, -0.25) is 24.2 Å². The first kappa shape index (κ1) is 37.0. The minimum atomic E-state index is -2.41. The molecular weight excluding hydrogens is 618 g/mol. The number of anilines is 1. The van der Waals surface area contributed by atoms with Crippen molar-refractivity contribution in [2.45, 2.75) is 47.2 Å². The van der Waals surface area contributed by atoms with Gasteiger partial charge in [0.25, 0.3) is 23.8 Å². The van der Waals surface area contributed by atoms with Crippen LogP contribution in [0.15, 0.2) is 64.6 Å². The number of hydrogen-bond acceptors (Lipinski definition) is 11. The topological polar surface area (TPSA) is 145 Å². The summed E-state index contributed by atoms with van der Waals surface area (Å²) in [6.07, 6.45) is 3.61. The molecule has 1 aliphatic rings. The molecule has 3 aromatic rings. The molecule has 1 aromatic heterocycles. The number of halogens is 1. The molecule has 2 heterocycles. The smallest absolute Gasteiger partial charge is 0.625 e. The Bertz CT molecular complexity index is 1550. The molecule has 0 bridgehead atoms. The van der Waals surface area contributed by atoms with Crippen LogP contribution in [0.1, 0.15) is 45.7 Å². The largest absolute Gasteiger partial charge is 1.00 e. The van der Waals surface area contributed by atoms with E-state index < -0.39 is 25.2 Å². The van der Waals surface area contributed by atoms with Crippen molar-refractivity contribution in [3.05, 3.63) is 75.8 Å². The molecule has 0 unspecified atom stereocenters. The number of amides is 1. The van der Waals surface area contributed by atoms with Crippen LogP contribution in [0.4, 0.5) is 5.69 Å². The SMILES string of the molecule is CC(=O)O[BH-](OC(C)=O)OC(C)=O.CC(C)NCc1ccc(Cl)c(NC2=NC(=O)C(=Cc3ccc4ncccc4c3)S2)c1.[Na+]. The van der Waals surface area contributed by atoms with E-state index in [2.05, 4.69) is 48.4 Å². The number of pyridine rings is 1. The fraction of sp³-hybridized carbons (Fsp3) is 0.241. The maximum absolute atomic E-state index is 12.4. The molecule has 0 aliphatic carbocycles. The summed E-state index contributed by atoms with van der Waals surface area (Å²) in [5.74, 6) is -2.30. The standard InChI is InChI=1S/C23H21ClN4OS.C6H10BO6.Na/c1-14(2)26-13-16-5-7-18(24)20(11-16)27-23-28-22(29)21(30-23)12-15-6-8-19-17(10-15)4-3-9-25-19;1-4(8)11-7(12-5(2)9)13-6(3)10;/h3-12,14,26H,13H2,1-2H3,(H,27,28,29);7H,1-3H3;/q;-1;+1. The van der Waals surface area contributed by atoms with Crippen LogP contribution in [0.3, 0.4) is 0 Å². The number of aliphatic imine (C=N–C) groups is 1. The van der Waals surface area contributed by atoms with Gasteiger partial charge >= 0.3 is 36.9 Å². The van der Waals surface area contributed by atoms with Gasteiger partial charge in [-0.25, -0.2) is 0 Å². The maximum Gasteiger partial charge on any atom is 1.00 e. The van der Waals surface area contributed by atoms with Gasteiger partial charge in [-0.15, -0.1) is 0 Å². The van der Waals surface area contributed by atoms with Crippen molar-refractivity contribution in [2.75, 3.05) is 5.32 Å². The molecule has 15 heteroatoms. The van der Waals surface area contributed by atoms with Gasteiger partial charge in [0.05, 0.1) is 21.1 Å². The molecule has 1 amide bonds. The van der Waals surface area contributed by atoms with Gasteiger partial charge in [0.1, 0.15) is 0 Å². The number of thioether (sulfide) groups is 1. The van der Waals surface area contributed by atoms with Crippen molar-refractivity contribution >= 4 is 82.3 Å². The van der Waals surface area contributed by atoms with Gasteiger partial charge in [0, 0.05) is 44.9 Å². The van der Waals surface area contributed by atoms with Crippen molar-refractivity contribution in [3.63, 3.8) is 0 Å². The molecule has 0 fully saturated rings. The minimum Gasteiger partial charge on any atom is -0.625 e. The normalized spacial score (nSPS) is 13.1. The van der Waals surface area contributed by atoms with Gasteiger partial charge in [-0.1, -0.05) is 43.6 Å². The van der Waals surface area contributed by atoms with E-state index in [-0.39, 0.29) is 35.5 Å². The van der Waals surface area contributed by atoms with Crippen molar-refractivity contribution in [1.29, 1.82) is 0 Å². The van der Waals surface area contributed by atoms with Crippen LogP contribution in [0.25, 0.3) is 17.0 Å². The zero-order valence-electron chi connectivity index (χ0n) is 25.3. The molecule has 44 heavy (non-hydrogen) atoms. The molecule has 2 aromatic carbocycles. The van der Waals surface area contributed by atoms with E-state index in [1.807, 2.05) is 54.6 Å². The summed E-state index contributed by atoms with van der Waals surface area (Å²) in [5, 5.41) is 8.70. The zero-order chi connectivity index (χ0) is 31.5. The molecule has 11 nitrogen and oxygen atoms in total. The number of nitrogens with one attached hydrogen (secondary N) is 2. The number of carbonyl (C=O) groups excluding carboxylic acids is 4. The van der Waals surface area contributed by atoms with E-state index >= 15 is 0 Å². The van der Waals surface area contributed by atoms with Gasteiger partial charge in [0.2, 0.25) is 0 Å². The Kier molecular flexibility index (Phi) is 15.1. The first-order valence-electron chi connectivity index (χ1n) is 13.2. The summed E-state index contributed by atoms with van der Waals surface area (Å²) in [7, 11) is -2.41. The van der Waals surface area contributed by atoms with Gasteiger partial charge in [-0.05, 0) is 59.3 Å². The van der Waals surface area contributed by atoms with Crippen LogP contribution in [0, 0.1) is 0 Å². The summed E-state index contributed by atoms with van der Waals surface area (Å²) >= 11 is 7.65. The molecule has 0 saturated carbocycles. The van der Waals surface area contributed by atoms with E-state index in [4.69, 9.17) is 11.6 Å². The third kappa shape index (κ3) is 12.4. The second-order valence-corrected chi connectivity index (χ2v) is 11.0. The first-order valence-corrected chi connectivity index (χ1v) is 14.4. The average Bonchev–Trinajstić information content (AvgIpc) is 3.26. The Balaban J connectivity index is 0.000000412. The van der Waals surface area contributed by atoms with Crippen molar-refractivity contribution in [1.82, 2.24) is 10.3 Å². The second kappa shape index (κ2) is 17.9. The number of aromatic nitrogens is 1. The quantitative estimate of drug-likeness (QED) is 0.273. The van der Waals surface area contributed by atoms with Crippen LogP contribution >= 0.6 is 23.4 Å². The zero-order valence-corrected chi connectivity index (χ0v) is 28.9. The average molecular weight is 649 g/mol. The van der Waals surface area contributed by atoms with E-state index in [0.29, 0.717) is 21.1 Å². The monoisotopic (exact) mass is 648 g/mol. The summed E-state index contributed by atoms with van der Waals surface area (Å²) in [6, 6.07) is 16.0. The third-order valence-electron chi connectivity index (χ3n) is 5.50. The van der Waals surface area contributed by atoms with Crippen LogP contribution in [-0.2, 0) is 39.7 Å². The molecule has 0 spiro atoms. The number of rotatable bonds is 8. The summed E-state index contributed by atoms with van der Waals surface area (Å²) in [5.41, 5.74) is 3.69. The van der Waals surface area contributed by atoms with E-state index in [1.165, 1.54) is 11.8 Å². The second-order valence-electron chi connectivity index (χ2n) is 9.52. The fourth-order valence-electron chi connectivity index (χ4n) is 3.60. The number of benzene rings is 2. The van der Waals surface area contributed by atoms with E-state index in [9.17, 15) is 19.2 Å². The first-order chi connectivity index (χ1) is 20.4. The van der Waals surface area contributed by atoms with Crippen molar-refractivity contribution in [3.8, 4) is 0 Å². The van der Waals surface area contributed by atoms with E-state index in [0.717, 1.165) is 55.0 Å². The van der Waals surface area contributed by atoms with Crippen LogP contribution in [0.2, 0.25) is 5.02 Å². The van der Waals surface area contributed by atoms with Gasteiger partial charge < -0.3 is 24.6 Å². The molecule has 1 aliphatic heterocycles. The van der Waals surface area contributed by atoms with Crippen LogP contribution < -0.4 is 40.2 Å². The molecule has 4 rings (SSSR count). The number of hydrogen-bond donors (Lipinski definition) is 2.